The summed E-state index contributed by atoms with van der Waals surface area (Å²) < 4.78 is 18.4. The first-order valence-electron chi connectivity index (χ1n) is 10.9. The van der Waals surface area contributed by atoms with Crippen molar-refractivity contribution in [2.75, 3.05) is 27.1 Å². The van der Waals surface area contributed by atoms with Crippen molar-refractivity contribution in [1.29, 1.82) is 0 Å². The summed E-state index contributed by atoms with van der Waals surface area (Å²) in [6.07, 6.45) is 0. The van der Waals surface area contributed by atoms with Crippen molar-refractivity contribution in [1.82, 2.24) is 20.1 Å². The fourth-order valence-electron chi connectivity index (χ4n) is 3.55. The zero-order valence-corrected chi connectivity index (χ0v) is 20.5. The van der Waals surface area contributed by atoms with Gasteiger partial charge in [-0.1, -0.05) is 60.3 Å². The van der Waals surface area contributed by atoms with Gasteiger partial charge < -0.3 is 19.5 Å². The van der Waals surface area contributed by atoms with Gasteiger partial charge in [0.15, 0.2) is 22.5 Å². The molecule has 0 aliphatic heterocycles. The second-order valence-electron chi connectivity index (χ2n) is 7.44. The monoisotopic (exact) mass is 490 g/mol. The van der Waals surface area contributed by atoms with Crippen molar-refractivity contribution >= 4 is 17.7 Å². The predicted molar refractivity (Wildman–Crippen MR) is 135 cm³/mol. The maximum absolute atomic E-state index is 12.5. The summed E-state index contributed by atoms with van der Waals surface area (Å²) >= 11 is 1.32. The summed E-state index contributed by atoms with van der Waals surface area (Å²) in [6.45, 7) is 0.475. The predicted octanol–water partition coefficient (Wildman–Crippen LogP) is 4.37. The van der Waals surface area contributed by atoms with Crippen molar-refractivity contribution in [3.8, 4) is 34.3 Å². The summed E-state index contributed by atoms with van der Waals surface area (Å²) in [7, 11) is 4.70. The van der Waals surface area contributed by atoms with E-state index in [1.54, 1.807) is 21.3 Å². The summed E-state index contributed by atoms with van der Waals surface area (Å²) in [4.78, 5) is 12.5. The van der Waals surface area contributed by atoms with Crippen LogP contribution in [-0.2, 0) is 11.3 Å². The van der Waals surface area contributed by atoms with Crippen molar-refractivity contribution in [3.63, 3.8) is 0 Å². The van der Waals surface area contributed by atoms with Gasteiger partial charge in [0.2, 0.25) is 11.7 Å². The van der Waals surface area contributed by atoms with Crippen LogP contribution in [0.2, 0.25) is 0 Å². The number of carbonyl (C=O) groups is 1. The van der Waals surface area contributed by atoms with E-state index in [0.717, 1.165) is 16.8 Å². The third kappa shape index (κ3) is 5.58. The van der Waals surface area contributed by atoms with E-state index in [9.17, 15) is 4.79 Å². The average molecular weight is 491 g/mol. The lowest BCUT2D eigenvalue weighted by Crippen LogP contribution is -2.24. The van der Waals surface area contributed by atoms with E-state index in [1.807, 2.05) is 77.4 Å². The minimum atomic E-state index is -0.0872. The van der Waals surface area contributed by atoms with E-state index < -0.39 is 0 Å². The molecular formula is C26H26N4O4S. The van der Waals surface area contributed by atoms with Crippen LogP contribution in [0.25, 0.3) is 17.1 Å². The summed E-state index contributed by atoms with van der Waals surface area (Å²) in [5.74, 6) is 2.22. The number of hydrogen-bond acceptors (Lipinski definition) is 7. The lowest BCUT2D eigenvalue weighted by Gasteiger charge is -2.15. The minimum absolute atomic E-state index is 0.0872. The molecule has 4 rings (SSSR count). The van der Waals surface area contributed by atoms with Crippen molar-refractivity contribution in [3.05, 3.63) is 78.4 Å². The fourth-order valence-corrected chi connectivity index (χ4v) is 4.33. The lowest BCUT2D eigenvalue weighted by atomic mass is 10.1. The summed E-state index contributed by atoms with van der Waals surface area (Å²) in [5, 5.41) is 12.4. The Morgan fingerprint density at radius 3 is 2.11 bits per heavy atom. The Morgan fingerprint density at radius 2 is 1.51 bits per heavy atom. The second kappa shape index (κ2) is 11.4. The molecule has 0 radical (unpaired) electrons. The molecule has 0 unspecified atom stereocenters. The van der Waals surface area contributed by atoms with Crippen LogP contribution in [0, 0.1) is 0 Å². The Bertz CT molecular complexity index is 1250. The molecule has 0 saturated heterocycles. The van der Waals surface area contributed by atoms with Gasteiger partial charge in [-0.05, 0) is 29.8 Å². The summed E-state index contributed by atoms with van der Waals surface area (Å²) in [5.41, 5.74) is 2.65. The van der Waals surface area contributed by atoms with Gasteiger partial charge in [0.05, 0.1) is 27.1 Å². The average Bonchev–Trinajstić information content (AvgIpc) is 3.34. The number of amides is 1. The molecule has 0 aliphatic carbocycles. The largest absolute Gasteiger partial charge is 0.493 e. The first-order valence-corrected chi connectivity index (χ1v) is 11.9. The molecule has 1 aromatic heterocycles. The SMILES string of the molecule is COc1cc(-c2nnc(SCC(=O)NCc3ccccc3)n2-c2ccccc2)cc(OC)c1OC. The fraction of sp³-hybridized carbons (Fsp3) is 0.192. The number of para-hydroxylation sites is 1. The van der Waals surface area contributed by atoms with Gasteiger partial charge in [-0.3, -0.25) is 9.36 Å². The highest BCUT2D eigenvalue weighted by atomic mass is 32.2. The Hall–Kier alpha value is -3.98. The van der Waals surface area contributed by atoms with Gasteiger partial charge in [-0.2, -0.15) is 0 Å². The van der Waals surface area contributed by atoms with E-state index >= 15 is 0 Å². The number of carbonyl (C=O) groups excluding carboxylic acids is 1. The van der Waals surface area contributed by atoms with Crippen LogP contribution in [0.15, 0.2) is 78.0 Å². The maximum atomic E-state index is 12.5. The molecule has 35 heavy (non-hydrogen) atoms. The van der Waals surface area contributed by atoms with Crippen LogP contribution in [0.5, 0.6) is 17.2 Å². The van der Waals surface area contributed by atoms with Gasteiger partial charge in [0.25, 0.3) is 0 Å². The molecular weight excluding hydrogens is 464 g/mol. The van der Waals surface area contributed by atoms with Crippen LogP contribution < -0.4 is 19.5 Å². The van der Waals surface area contributed by atoms with E-state index in [0.29, 0.717) is 34.8 Å². The number of benzene rings is 3. The Kier molecular flexibility index (Phi) is 7.89. The standard InChI is InChI=1S/C26H26N4O4S/c1-32-21-14-19(15-22(33-2)24(21)34-3)25-28-29-26(30(25)20-12-8-5-9-13-20)35-17-23(31)27-16-18-10-6-4-7-11-18/h4-15H,16-17H2,1-3H3,(H,27,31). The minimum Gasteiger partial charge on any atom is -0.493 e. The molecule has 4 aromatic rings. The van der Waals surface area contributed by atoms with Gasteiger partial charge in [-0.15, -0.1) is 10.2 Å². The molecule has 0 atom stereocenters. The van der Waals surface area contributed by atoms with Gasteiger partial charge in [0.1, 0.15) is 0 Å². The lowest BCUT2D eigenvalue weighted by molar-refractivity contribution is -0.118. The first kappa shape index (κ1) is 24.2. The molecule has 8 nitrogen and oxygen atoms in total. The van der Waals surface area contributed by atoms with Crippen LogP contribution in [0.1, 0.15) is 5.56 Å². The third-order valence-corrected chi connectivity index (χ3v) is 6.16. The topological polar surface area (TPSA) is 87.5 Å². The van der Waals surface area contributed by atoms with E-state index in [2.05, 4.69) is 15.5 Å². The van der Waals surface area contributed by atoms with E-state index in [-0.39, 0.29) is 11.7 Å². The Labute approximate surface area is 208 Å². The van der Waals surface area contributed by atoms with Crippen molar-refractivity contribution < 1.29 is 19.0 Å². The quantitative estimate of drug-likeness (QED) is 0.330. The second-order valence-corrected chi connectivity index (χ2v) is 8.38. The highest BCUT2D eigenvalue weighted by Gasteiger charge is 2.21. The van der Waals surface area contributed by atoms with Crippen molar-refractivity contribution in [2.45, 2.75) is 11.7 Å². The molecule has 180 valence electrons. The molecule has 0 aliphatic rings. The number of thioether (sulfide) groups is 1. The first-order chi connectivity index (χ1) is 17.1. The van der Waals surface area contributed by atoms with Gasteiger partial charge in [0, 0.05) is 17.8 Å². The number of nitrogens with one attached hydrogen (secondary N) is 1. The number of methoxy groups -OCH3 is 3. The molecule has 3 aromatic carbocycles. The number of aromatic nitrogens is 3. The molecule has 0 fully saturated rings. The Balaban J connectivity index is 1.63. The number of ether oxygens (including phenoxy) is 3. The molecule has 0 spiro atoms. The normalized spacial score (nSPS) is 10.6. The third-order valence-electron chi connectivity index (χ3n) is 5.24. The van der Waals surface area contributed by atoms with Crippen LogP contribution in [0.4, 0.5) is 0 Å². The molecule has 1 heterocycles. The van der Waals surface area contributed by atoms with Crippen LogP contribution >= 0.6 is 11.8 Å². The highest BCUT2D eigenvalue weighted by Crippen LogP contribution is 2.41. The molecule has 1 amide bonds. The van der Waals surface area contributed by atoms with E-state index in [1.165, 1.54) is 11.8 Å². The maximum Gasteiger partial charge on any atom is 0.230 e. The van der Waals surface area contributed by atoms with Gasteiger partial charge >= 0.3 is 0 Å². The Morgan fingerprint density at radius 1 is 0.886 bits per heavy atom. The van der Waals surface area contributed by atoms with Crippen LogP contribution in [-0.4, -0.2) is 47.8 Å². The van der Waals surface area contributed by atoms with Crippen molar-refractivity contribution in [2.24, 2.45) is 0 Å². The molecule has 0 saturated carbocycles. The molecule has 9 heteroatoms. The zero-order chi connectivity index (χ0) is 24.6. The smallest absolute Gasteiger partial charge is 0.230 e. The number of hydrogen-bond donors (Lipinski definition) is 1. The van der Waals surface area contributed by atoms with Crippen LogP contribution in [0.3, 0.4) is 0 Å². The number of nitrogens with zero attached hydrogens (tertiary/aromatic N) is 3. The summed E-state index contributed by atoms with van der Waals surface area (Å²) in [6, 6.07) is 23.2. The molecule has 1 N–H and O–H groups in total. The van der Waals surface area contributed by atoms with E-state index in [4.69, 9.17) is 14.2 Å². The number of rotatable bonds is 10. The highest BCUT2D eigenvalue weighted by molar-refractivity contribution is 7.99. The van der Waals surface area contributed by atoms with Gasteiger partial charge in [-0.25, -0.2) is 0 Å². The zero-order valence-electron chi connectivity index (χ0n) is 19.7. The molecule has 0 bridgehead atoms.